The maximum Gasteiger partial charge on any atom is 0.407 e. The minimum Gasteiger partial charge on any atom is -0.444 e. The molecule has 1 aromatic rings. The molecule has 8 heteroatoms. The molecule has 0 spiro atoms. The normalized spacial score (nSPS) is 18.6. The van der Waals surface area contributed by atoms with Gasteiger partial charge in [0.1, 0.15) is 11.6 Å². The molecule has 0 fully saturated rings. The van der Waals surface area contributed by atoms with Gasteiger partial charge in [-0.3, -0.25) is 9.59 Å². The lowest BCUT2D eigenvalue weighted by molar-refractivity contribution is -0.131. The summed E-state index contributed by atoms with van der Waals surface area (Å²) < 4.78 is 5.18. The number of benzene rings is 1. The van der Waals surface area contributed by atoms with E-state index >= 15 is 0 Å². The number of amides is 3. The maximum atomic E-state index is 12.7. The summed E-state index contributed by atoms with van der Waals surface area (Å²) in [5, 5.41) is 11.7. The van der Waals surface area contributed by atoms with Gasteiger partial charge in [0.25, 0.3) is 0 Å². The van der Waals surface area contributed by atoms with Crippen molar-refractivity contribution in [2.75, 3.05) is 19.6 Å². The third-order valence-corrected chi connectivity index (χ3v) is 4.46. The highest BCUT2D eigenvalue weighted by molar-refractivity contribution is 5.89. The summed E-state index contributed by atoms with van der Waals surface area (Å²) in [5.74, 6) is -1.09. The van der Waals surface area contributed by atoms with Gasteiger partial charge in [0, 0.05) is 19.6 Å². The summed E-state index contributed by atoms with van der Waals surface area (Å²) in [4.78, 5) is 37.3. The van der Waals surface area contributed by atoms with E-state index in [0.717, 1.165) is 24.1 Å². The van der Waals surface area contributed by atoms with Crippen molar-refractivity contribution in [1.29, 1.82) is 0 Å². The van der Waals surface area contributed by atoms with Crippen molar-refractivity contribution in [3.63, 3.8) is 0 Å². The molecule has 3 amide bonds. The number of hydrogen-bond acceptors (Lipinski definition) is 5. The molecule has 4 N–H and O–H groups in total. The van der Waals surface area contributed by atoms with Gasteiger partial charge in [-0.05, 0) is 44.9 Å². The molecule has 0 aromatic heterocycles. The van der Waals surface area contributed by atoms with Gasteiger partial charge in [-0.15, -0.1) is 0 Å². The van der Waals surface area contributed by atoms with Crippen molar-refractivity contribution >= 4 is 17.9 Å². The Kier molecular flexibility index (Phi) is 8.01. The van der Waals surface area contributed by atoms with E-state index < -0.39 is 23.7 Å². The first-order valence-electron chi connectivity index (χ1n) is 10.0. The van der Waals surface area contributed by atoms with Crippen LogP contribution in [0.25, 0.3) is 0 Å². The first kappa shape index (κ1) is 22.7. The van der Waals surface area contributed by atoms with E-state index in [2.05, 4.69) is 21.3 Å². The average Bonchev–Trinajstić information content (AvgIpc) is 2.65. The van der Waals surface area contributed by atoms with Crippen molar-refractivity contribution < 1.29 is 19.1 Å². The molecular weight excluding hydrogens is 372 g/mol. The molecule has 0 saturated heterocycles. The molecular formula is C21H32N4O4. The second-order valence-electron chi connectivity index (χ2n) is 8.25. The molecule has 29 heavy (non-hydrogen) atoms. The van der Waals surface area contributed by atoms with E-state index in [0.29, 0.717) is 13.1 Å². The fourth-order valence-corrected chi connectivity index (χ4v) is 2.94. The molecule has 1 aliphatic rings. The van der Waals surface area contributed by atoms with Crippen LogP contribution in [0.5, 0.6) is 0 Å². The minimum absolute atomic E-state index is 0.109. The summed E-state index contributed by atoms with van der Waals surface area (Å²) in [5.41, 5.74) is 1.12. The standard InChI is InChI=1S/C21H32N4O4/c1-14(12-24-20(28)29-21(2,3)4)18(26)25-17-16-9-6-5-8-15(16)13-22-10-7-11-23-19(17)27/h5-6,8-9,14,17,22H,7,10-13H2,1-4H3,(H,23,27)(H,24,28)(H,25,26)/t14-,17+/m1/s1. The van der Waals surface area contributed by atoms with Crippen LogP contribution in [0.2, 0.25) is 0 Å². The highest BCUT2D eigenvalue weighted by atomic mass is 16.6. The molecule has 2 rings (SSSR count). The molecule has 1 aliphatic heterocycles. The Labute approximate surface area is 172 Å². The molecule has 2 atom stereocenters. The Morgan fingerprint density at radius 2 is 1.97 bits per heavy atom. The molecule has 0 aliphatic carbocycles. The zero-order chi connectivity index (χ0) is 21.4. The summed E-state index contributed by atoms with van der Waals surface area (Å²) in [6.07, 6.45) is 0.232. The number of nitrogens with one attached hydrogen (secondary N) is 4. The molecule has 0 radical (unpaired) electrons. The van der Waals surface area contributed by atoms with Crippen molar-refractivity contribution in [1.82, 2.24) is 21.3 Å². The van der Waals surface area contributed by atoms with E-state index in [9.17, 15) is 14.4 Å². The van der Waals surface area contributed by atoms with Gasteiger partial charge in [-0.25, -0.2) is 4.79 Å². The fraction of sp³-hybridized carbons (Fsp3) is 0.571. The van der Waals surface area contributed by atoms with Crippen LogP contribution in [0.1, 0.15) is 51.3 Å². The Morgan fingerprint density at radius 3 is 2.69 bits per heavy atom. The molecule has 1 heterocycles. The Bertz CT molecular complexity index is 730. The third kappa shape index (κ3) is 7.38. The van der Waals surface area contributed by atoms with E-state index in [1.807, 2.05) is 24.3 Å². The van der Waals surface area contributed by atoms with Gasteiger partial charge in [0.05, 0.1) is 5.92 Å². The van der Waals surface area contributed by atoms with Crippen LogP contribution in [0.15, 0.2) is 24.3 Å². The van der Waals surface area contributed by atoms with Crippen molar-refractivity contribution in [3.05, 3.63) is 35.4 Å². The number of carbonyl (C=O) groups is 3. The monoisotopic (exact) mass is 404 g/mol. The summed E-state index contributed by atoms with van der Waals surface area (Å²) in [6, 6.07) is 6.78. The number of ether oxygens (including phenoxy) is 1. The van der Waals surface area contributed by atoms with Crippen LogP contribution in [-0.2, 0) is 20.9 Å². The molecule has 8 nitrogen and oxygen atoms in total. The molecule has 0 unspecified atom stereocenters. The SMILES string of the molecule is C[C@H](CNC(=O)OC(C)(C)C)C(=O)N[C@@H]1C(=O)NCCCNCc2ccccc21. The van der Waals surface area contributed by atoms with Crippen LogP contribution in [0.3, 0.4) is 0 Å². The van der Waals surface area contributed by atoms with E-state index in [1.54, 1.807) is 27.7 Å². The number of hydrogen-bond donors (Lipinski definition) is 4. The molecule has 1 aromatic carbocycles. The lowest BCUT2D eigenvalue weighted by Crippen LogP contribution is -2.46. The van der Waals surface area contributed by atoms with Gasteiger partial charge >= 0.3 is 6.09 Å². The molecule has 160 valence electrons. The number of fused-ring (bicyclic) bond motifs is 1. The smallest absolute Gasteiger partial charge is 0.407 e. The summed E-state index contributed by atoms with van der Waals surface area (Å²) >= 11 is 0. The summed E-state index contributed by atoms with van der Waals surface area (Å²) in [6.45, 7) is 9.09. The van der Waals surface area contributed by atoms with Crippen molar-refractivity contribution in [2.24, 2.45) is 5.92 Å². The predicted octanol–water partition coefficient (Wildman–Crippen LogP) is 1.61. The van der Waals surface area contributed by atoms with Crippen molar-refractivity contribution in [2.45, 2.75) is 52.3 Å². The van der Waals surface area contributed by atoms with Gasteiger partial charge < -0.3 is 26.0 Å². The number of alkyl carbamates (subject to hydrolysis) is 1. The van der Waals surface area contributed by atoms with Gasteiger partial charge in [0.2, 0.25) is 11.8 Å². The van der Waals surface area contributed by atoms with Crippen LogP contribution in [-0.4, -0.2) is 43.1 Å². The Hall–Kier alpha value is -2.61. The first-order chi connectivity index (χ1) is 13.7. The lowest BCUT2D eigenvalue weighted by Gasteiger charge is -2.25. The Balaban J connectivity index is 2.06. The van der Waals surface area contributed by atoms with Crippen LogP contribution >= 0.6 is 0 Å². The third-order valence-electron chi connectivity index (χ3n) is 4.46. The van der Waals surface area contributed by atoms with Crippen LogP contribution < -0.4 is 21.3 Å². The summed E-state index contributed by atoms with van der Waals surface area (Å²) in [7, 11) is 0. The van der Waals surface area contributed by atoms with Crippen molar-refractivity contribution in [3.8, 4) is 0 Å². The van der Waals surface area contributed by atoms with Gasteiger partial charge in [-0.1, -0.05) is 31.2 Å². The molecule has 0 saturated carbocycles. The largest absolute Gasteiger partial charge is 0.444 e. The number of rotatable bonds is 4. The first-order valence-corrected chi connectivity index (χ1v) is 10.0. The highest BCUT2D eigenvalue weighted by Gasteiger charge is 2.27. The van der Waals surface area contributed by atoms with E-state index in [4.69, 9.17) is 4.74 Å². The lowest BCUT2D eigenvalue weighted by atomic mass is 9.98. The second-order valence-corrected chi connectivity index (χ2v) is 8.25. The number of carbonyl (C=O) groups excluding carboxylic acids is 3. The molecule has 0 bridgehead atoms. The second kappa shape index (κ2) is 10.2. The van der Waals surface area contributed by atoms with E-state index in [1.165, 1.54) is 0 Å². The quantitative estimate of drug-likeness (QED) is 0.610. The van der Waals surface area contributed by atoms with Gasteiger partial charge in [0.15, 0.2) is 0 Å². The Morgan fingerprint density at radius 1 is 1.24 bits per heavy atom. The zero-order valence-electron chi connectivity index (χ0n) is 17.6. The highest BCUT2D eigenvalue weighted by Crippen LogP contribution is 2.20. The maximum absolute atomic E-state index is 12.7. The minimum atomic E-state index is -0.789. The van der Waals surface area contributed by atoms with Crippen LogP contribution in [0, 0.1) is 5.92 Å². The average molecular weight is 405 g/mol. The zero-order valence-corrected chi connectivity index (χ0v) is 17.6. The predicted molar refractivity (Wildman–Crippen MR) is 110 cm³/mol. The van der Waals surface area contributed by atoms with Crippen LogP contribution in [0.4, 0.5) is 4.79 Å². The van der Waals surface area contributed by atoms with Gasteiger partial charge in [-0.2, -0.15) is 0 Å². The fourth-order valence-electron chi connectivity index (χ4n) is 2.94. The topological polar surface area (TPSA) is 109 Å². The van der Waals surface area contributed by atoms with E-state index in [-0.39, 0.29) is 18.4 Å².